The lowest BCUT2D eigenvalue weighted by molar-refractivity contribution is -0.117. The van der Waals surface area contributed by atoms with Gasteiger partial charge in [-0.15, -0.1) is 11.8 Å². The molecule has 7 nitrogen and oxygen atoms in total. The molecule has 36 heavy (non-hydrogen) atoms. The highest BCUT2D eigenvalue weighted by atomic mass is 35.5. The number of aliphatic hydroxyl groups excluding tert-OH is 1. The van der Waals surface area contributed by atoms with Crippen LogP contribution in [0.25, 0.3) is 16.9 Å². The summed E-state index contributed by atoms with van der Waals surface area (Å²) in [6.07, 6.45) is 0. The number of amides is 1. The zero-order valence-corrected chi connectivity index (χ0v) is 20.4. The van der Waals surface area contributed by atoms with Crippen LogP contribution in [-0.4, -0.2) is 26.6 Å². The fourth-order valence-electron chi connectivity index (χ4n) is 4.11. The molecular formula is C27H19ClN4O3S. The SMILES string of the molecule is N#CC(C(=O)Nc1cccc(Cl)c1)C(=O)c1nn(-c2ccccc2)c2c1CSc1ccc(CO)cc1-2. The van der Waals surface area contributed by atoms with E-state index < -0.39 is 17.6 Å². The van der Waals surface area contributed by atoms with E-state index in [1.54, 1.807) is 22.9 Å². The first-order chi connectivity index (χ1) is 17.5. The van der Waals surface area contributed by atoms with Crippen molar-refractivity contribution < 1.29 is 14.7 Å². The summed E-state index contributed by atoms with van der Waals surface area (Å²) in [6, 6.07) is 23.3. The molecule has 5 rings (SSSR count). The molecule has 0 saturated heterocycles. The summed E-state index contributed by atoms with van der Waals surface area (Å²) in [5, 5.41) is 27.1. The Kier molecular flexibility index (Phi) is 6.61. The average molecular weight is 515 g/mol. The number of thioether (sulfide) groups is 1. The number of rotatable bonds is 6. The number of aromatic nitrogens is 2. The molecule has 3 aromatic carbocycles. The maximum atomic E-state index is 13.6. The number of nitrogens with zero attached hydrogens (tertiary/aromatic N) is 3. The molecule has 1 amide bonds. The number of fused-ring (bicyclic) bond motifs is 3. The highest BCUT2D eigenvalue weighted by Crippen LogP contribution is 2.44. The van der Waals surface area contributed by atoms with Crippen molar-refractivity contribution in [2.45, 2.75) is 17.3 Å². The van der Waals surface area contributed by atoms with Gasteiger partial charge in [0.25, 0.3) is 0 Å². The molecule has 0 bridgehead atoms. The molecule has 2 N–H and O–H groups in total. The molecule has 1 aliphatic rings. The number of Topliss-reactive ketones (excluding diaryl/α,β-unsaturated/α-hetero) is 1. The minimum atomic E-state index is -1.60. The number of para-hydroxylation sites is 1. The summed E-state index contributed by atoms with van der Waals surface area (Å²) in [7, 11) is 0. The third kappa shape index (κ3) is 4.40. The molecule has 1 aromatic heterocycles. The van der Waals surface area contributed by atoms with Crippen LogP contribution in [0, 0.1) is 17.2 Å². The van der Waals surface area contributed by atoms with Crippen LogP contribution in [0.15, 0.2) is 77.7 Å². The van der Waals surface area contributed by atoms with E-state index in [1.165, 1.54) is 17.8 Å². The first-order valence-corrected chi connectivity index (χ1v) is 12.4. The maximum Gasteiger partial charge on any atom is 0.249 e. The van der Waals surface area contributed by atoms with Gasteiger partial charge in [-0.25, -0.2) is 4.68 Å². The van der Waals surface area contributed by atoms with E-state index in [4.69, 9.17) is 11.6 Å². The summed E-state index contributed by atoms with van der Waals surface area (Å²) in [4.78, 5) is 27.5. The van der Waals surface area contributed by atoms with Gasteiger partial charge in [0.2, 0.25) is 11.7 Å². The number of carbonyl (C=O) groups is 2. The van der Waals surface area contributed by atoms with Crippen molar-refractivity contribution in [2.24, 2.45) is 5.92 Å². The summed E-state index contributed by atoms with van der Waals surface area (Å²) in [5.41, 5.74) is 4.11. The summed E-state index contributed by atoms with van der Waals surface area (Å²) in [5.74, 6) is -2.57. The zero-order valence-electron chi connectivity index (χ0n) is 18.8. The number of nitriles is 1. The van der Waals surface area contributed by atoms with Gasteiger partial charge in [0.1, 0.15) is 5.69 Å². The van der Waals surface area contributed by atoms with Gasteiger partial charge in [0.15, 0.2) is 5.92 Å². The van der Waals surface area contributed by atoms with Gasteiger partial charge in [0, 0.05) is 32.5 Å². The van der Waals surface area contributed by atoms with Crippen molar-refractivity contribution in [3.05, 3.63) is 94.6 Å². The molecule has 1 unspecified atom stereocenters. The normalized spacial score (nSPS) is 12.7. The molecule has 0 aliphatic carbocycles. The van der Waals surface area contributed by atoms with Gasteiger partial charge in [0.05, 0.1) is 24.1 Å². The Bertz CT molecular complexity index is 1530. The third-order valence-electron chi connectivity index (χ3n) is 5.82. The highest BCUT2D eigenvalue weighted by molar-refractivity contribution is 7.98. The fourth-order valence-corrected chi connectivity index (χ4v) is 5.35. The zero-order chi connectivity index (χ0) is 25.2. The van der Waals surface area contributed by atoms with Gasteiger partial charge in [-0.1, -0.05) is 41.9 Å². The second-order valence-corrected chi connectivity index (χ2v) is 9.58. The average Bonchev–Trinajstić information content (AvgIpc) is 3.29. The van der Waals surface area contributed by atoms with Crippen LogP contribution in [0.4, 0.5) is 5.69 Å². The Balaban J connectivity index is 1.60. The van der Waals surface area contributed by atoms with Crippen molar-refractivity contribution in [2.75, 3.05) is 5.32 Å². The van der Waals surface area contributed by atoms with Gasteiger partial charge < -0.3 is 10.4 Å². The lowest BCUT2D eigenvalue weighted by Crippen LogP contribution is -2.29. The maximum absolute atomic E-state index is 13.6. The second-order valence-electron chi connectivity index (χ2n) is 8.13. The number of hydrogen-bond acceptors (Lipinski definition) is 6. The van der Waals surface area contributed by atoms with Crippen LogP contribution in [0.3, 0.4) is 0 Å². The molecule has 1 aliphatic heterocycles. The lowest BCUT2D eigenvalue weighted by atomic mass is 9.96. The summed E-state index contributed by atoms with van der Waals surface area (Å²) < 4.78 is 1.67. The van der Waals surface area contributed by atoms with Gasteiger partial charge in [-0.3, -0.25) is 9.59 Å². The van der Waals surface area contributed by atoms with Crippen molar-refractivity contribution in [3.63, 3.8) is 0 Å². The van der Waals surface area contributed by atoms with Crippen LogP contribution < -0.4 is 5.32 Å². The number of halogens is 1. The molecule has 2 heterocycles. The number of hydrogen-bond donors (Lipinski definition) is 2. The number of nitrogens with one attached hydrogen (secondary N) is 1. The first kappa shape index (κ1) is 23.8. The number of ketones is 1. The number of anilines is 1. The van der Waals surface area contributed by atoms with E-state index >= 15 is 0 Å². The fraction of sp³-hybridized carbons (Fsp3) is 0.111. The monoisotopic (exact) mass is 514 g/mol. The van der Waals surface area contributed by atoms with E-state index in [2.05, 4.69) is 10.4 Å². The van der Waals surface area contributed by atoms with Gasteiger partial charge in [-0.05, 0) is 48.0 Å². The first-order valence-electron chi connectivity index (χ1n) is 11.0. The van der Waals surface area contributed by atoms with Crippen molar-refractivity contribution in [3.8, 4) is 23.0 Å². The molecule has 0 saturated carbocycles. The molecule has 1 atom stereocenters. The smallest absolute Gasteiger partial charge is 0.249 e. The number of carbonyl (C=O) groups excluding carboxylic acids is 2. The van der Waals surface area contributed by atoms with E-state index in [9.17, 15) is 20.0 Å². The Morgan fingerprint density at radius 1 is 1.14 bits per heavy atom. The molecule has 9 heteroatoms. The Labute approximate surface area is 216 Å². The van der Waals surface area contributed by atoms with Gasteiger partial charge in [-0.2, -0.15) is 10.4 Å². The minimum absolute atomic E-state index is 0.0780. The Morgan fingerprint density at radius 3 is 2.67 bits per heavy atom. The molecule has 0 fully saturated rings. The predicted octanol–water partition coefficient (Wildman–Crippen LogP) is 5.25. The lowest BCUT2D eigenvalue weighted by Gasteiger charge is -2.19. The molecule has 4 aromatic rings. The van der Waals surface area contributed by atoms with Crippen molar-refractivity contribution >= 4 is 40.7 Å². The Morgan fingerprint density at radius 2 is 1.94 bits per heavy atom. The minimum Gasteiger partial charge on any atom is -0.392 e. The van der Waals surface area contributed by atoms with Crippen LogP contribution in [-0.2, 0) is 17.2 Å². The topological polar surface area (TPSA) is 108 Å². The van der Waals surface area contributed by atoms with E-state index in [1.807, 2.05) is 54.6 Å². The summed E-state index contributed by atoms with van der Waals surface area (Å²) >= 11 is 7.53. The van der Waals surface area contributed by atoms with E-state index in [-0.39, 0.29) is 12.3 Å². The van der Waals surface area contributed by atoms with Crippen LogP contribution >= 0.6 is 23.4 Å². The standard InChI is InChI=1S/C27H19ClN4O3S/c28-17-5-4-6-18(12-17)30-27(35)21(13-29)26(34)24-22-15-36-23-10-9-16(14-33)11-20(23)25(22)32(31-24)19-7-2-1-3-8-19/h1-12,21,33H,14-15H2,(H,30,35). The quantitative estimate of drug-likeness (QED) is 0.269. The van der Waals surface area contributed by atoms with Crippen molar-refractivity contribution in [1.82, 2.24) is 9.78 Å². The predicted molar refractivity (Wildman–Crippen MR) is 138 cm³/mol. The summed E-state index contributed by atoms with van der Waals surface area (Å²) in [6.45, 7) is -0.126. The molecule has 0 radical (unpaired) electrons. The Hall–Kier alpha value is -3.90. The van der Waals surface area contributed by atoms with E-state index in [0.717, 1.165) is 21.7 Å². The van der Waals surface area contributed by atoms with Crippen LogP contribution in [0.2, 0.25) is 5.02 Å². The highest BCUT2D eigenvalue weighted by Gasteiger charge is 2.35. The number of benzene rings is 3. The second kappa shape index (κ2) is 9.99. The third-order valence-corrected chi connectivity index (χ3v) is 7.15. The molecular weight excluding hydrogens is 496 g/mol. The van der Waals surface area contributed by atoms with Gasteiger partial charge >= 0.3 is 0 Å². The van der Waals surface area contributed by atoms with Crippen LogP contribution in [0.1, 0.15) is 21.6 Å². The number of aliphatic hydroxyl groups is 1. The molecule has 178 valence electrons. The van der Waals surface area contributed by atoms with Crippen molar-refractivity contribution in [1.29, 1.82) is 5.26 Å². The van der Waals surface area contributed by atoms with E-state index in [0.29, 0.717) is 27.7 Å². The largest absolute Gasteiger partial charge is 0.392 e. The van der Waals surface area contributed by atoms with Crippen LogP contribution in [0.5, 0.6) is 0 Å². The molecule has 0 spiro atoms.